The zero-order chi connectivity index (χ0) is 18.9. The summed E-state index contributed by atoms with van der Waals surface area (Å²) in [5, 5.41) is 7.95. The molecule has 1 N–H and O–H groups in total. The minimum atomic E-state index is 0.276. The Hall–Kier alpha value is -3.74. The number of methoxy groups -OCH3 is 1. The lowest BCUT2D eigenvalue weighted by molar-refractivity contribution is 0.174. The number of aromatic nitrogens is 3. The highest BCUT2D eigenvalue weighted by molar-refractivity contribution is 5.78. The van der Waals surface area contributed by atoms with Gasteiger partial charge in [-0.15, -0.1) is 0 Å². The lowest BCUT2D eigenvalue weighted by Crippen LogP contribution is -2.05. The van der Waals surface area contributed by atoms with E-state index in [9.17, 15) is 0 Å². The van der Waals surface area contributed by atoms with Crippen LogP contribution in [0.3, 0.4) is 0 Å². The van der Waals surface area contributed by atoms with Gasteiger partial charge < -0.3 is 19.5 Å². The van der Waals surface area contributed by atoms with Gasteiger partial charge in [-0.25, -0.2) is 4.98 Å². The van der Waals surface area contributed by atoms with E-state index in [0.717, 1.165) is 45.4 Å². The van der Waals surface area contributed by atoms with Crippen LogP contribution in [0.4, 0.5) is 5.82 Å². The molecule has 1 aliphatic rings. The fourth-order valence-electron chi connectivity index (χ4n) is 3.24. The van der Waals surface area contributed by atoms with Crippen LogP contribution in [0, 0.1) is 0 Å². The lowest BCUT2D eigenvalue weighted by atomic mass is 10.1. The van der Waals surface area contributed by atoms with Crippen molar-refractivity contribution < 1.29 is 14.2 Å². The van der Waals surface area contributed by atoms with Gasteiger partial charge in [0.1, 0.15) is 11.6 Å². The van der Waals surface area contributed by atoms with Crippen molar-refractivity contribution in [3.8, 4) is 28.4 Å². The summed E-state index contributed by atoms with van der Waals surface area (Å²) in [5.74, 6) is 3.24. The molecular formula is C21H18N4O3. The normalized spacial score (nSPS) is 12.3. The van der Waals surface area contributed by atoms with Gasteiger partial charge in [-0.05, 0) is 41.5 Å². The highest BCUT2D eigenvalue weighted by atomic mass is 16.7. The number of anilines is 1. The second kappa shape index (κ2) is 6.77. The Morgan fingerprint density at radius 2 is 1.93 bits per heavy atom. The van der Waals surface area contributed by atoms with Crippen LogP contribution in [0.15, 0.2) is 60.9 Å². The Kier molecular flexibility index (Phi) is 3.97. The van der Waals surface area contributed by atoms with Crippen LogP contribution in [0.2, 0.25) is 0 Å². The molecule has 1 aliphatic heterocycles. The Morgan fingerprint density at radius 1 is 1.07 bits per heavy atom. The Morgan fingerprint density at radius 3 is 2.79 bits per heavy atom. The van der Waals surface area contributed by atoms with Crippen molar-refractivity contribution >= 4 is 11.5 Å². The fourth-order valence-corrected chi connectivity index (χ4v) is 3.24. The van der Waals surface area contributed by atoms with E-state index in [-0.39, 0.29) is 6.79 Å². The number of fused-ring (bicyclic) bond motifs is 2. The number of benzene rings is 2. The molecule has 2 aromatic carbocycles. The van der Waals surface area contributed by atoms with Crippen LogP contribution >= 0.6 is 0 Å². The summed E-state index contributed by atoms with van der Waals surface area (Å²) in [6.45, 7) is 0.909. The Balaban J connectivity index is 1.42. The maximum absolute atomic E-state index is 5.44. The summed E-state index contributed by atoms with van der Waals surface area (Å²) < 4.78 is 17.8. The highest BCUT2D eigenvalue weighted by Gasteiger charge is 2.14. The third kappa shape index (κ3) is 2.87. The maximum Gasteiger partial charge on any atom is 0.231 e. The molecule has 140 valence electrons. The molecule has 0 aliphatic carbocycles. The number of nitrogens with zero attached hydrogens (tertiary/aromatic N) is 3. The van der Waals surface area contributed by atoms with E-state index in [4.69, 9.17) is 14.2 Å². The van der Waals surface area contributed by atoms with Crippen molar-refractivity contribution in [2.45, 2.75) is 6.54 Å². The first-order valence-corrected chi connectivity index (χ1v) is 8.91. The molecule has 0 saturated carbocycles. The summed E-state index contributed by atoms with van der Waals surface area (Å²) in [7, 11) is 1.66. The summed E-state index contributed by atoms with van der Waals surface area (Å²) in [5.41, 5.74) is 3.89. The summed E-state index contributed by atoms with van der Waals surface area (Å²) in [6, 6.07) is 15.7. The summed E-state index contributed by atoms with van der Waals surface area (Å²) in [4.78, 5) is 4.52. The topological polar surface area (TPSA) is 69.9 Å². The van der Waals surface area contributed by atoms with Gasteiger partial charge in [-0.1, -0.05) is 18.2 Å². The van der Waals surface area contributed by atoms with Crippen LogP contribution in [0.25, 0.3) is 16.8 Å². The smallest absolute Gasteiger partial charge is 0.231 e. The second-order valence-corrected chi connectivity index (χ2v) is 6.39. The molecule has 0 saturated heterocycles. The Bertz CT molecular complexity index is 1140. The molecule has 0 amide bonds. The van der Waals surface area contributed by atoms with Crippen LogP contribution in [-0.2, 0) is 6.54 Å². The van der Waals surface area contributed by atoms with E-state index in [1.165, 1.54) is 0 Å². The quantitative estimate of drug-likeness (QED) is 0.574. The van der Waals surface area contributed by atoms with E-state index in [1.54, 1.807) is 13.3 Å². The van der Waals surface area contributed by atoms with Crippen molar-refractivity contribution in [3.63, 3.8) is 0 Å². The molecule has 5 rings (SSSR count). The van der Waals surface area contributed by atoms with Gasteiger partial charge in [0.05, 0.1) is 13.3 Å². The van der Waals surface area contributed by atoms with Crippen LogP contribution in [0.1, 0.15) is 5.56 Å². The molecule has 0 atom stereocenters. The van der Waals surface area contributed by atoms with Crippen LogP contribution < -0.4 is 19.5 Å². The van der Waals surface area contributed by atoms with Gasteiger partial charge in [0.15, 0.2) is 17.1 Å². The minimum Gasteiger partial charge on any atom is -0.497 e. The predicted molar refractivity (Wildman–Crippen MR) is 105 cm³/mol. The molecule has 0 fully saturated rings. The Labute approximate surface area is 161 Å². The van der Waals surface area contributed by atoms with Gasteiger partial charge in [-0.2, -0.15) is 9.61 Å². The van der Waals surface area contributed by atoms with Gasteiger partial charge in [0, 0.05) is 18.3 Å². The summed E-state index contributed by atoms with van der Waals surface area (Å²) >= 11 is 0. The number of rotatable bonds is 5. The first kappa shape index (κ1) is 16.4. The molecule has 28 heavy (non-hydrogen) atoms. The van der Waals surface area contributed by atoms with E-state index in [2.05, 4.69) is 15.4 Å². The van der Waals surface area contributed by atoms with Crippen molar-refractivity contribution in [1.82, 2.24) is 14.6 Å². The van der Waals surface area contributed by atoms with Gasteiger partial charge >= 0.3 is 0 Å². The molecule has 0 radical (unpaired) electrons. The third-order valence-corrected chi connectivity index (χ3v) is 4.71. The van der Waals surface area contributed by atoms with Crippen LogP contribution in [0.5, 0.6) is 17.2 Å². The number of ether oxygens (including phenoxy) is 3. The fraction of sp³-hybridized carbons (Fsp3) is 0.143. The van der Waals surface area contributed by atoms with Gasteiger partial charge in [0.25, 0.3) is 0 Å². The monoisotopic (exact) mass is 374 g/mol. The third-order valence-electron chi connectivity index (χ3n) is 4.71. The van der Waals surface area contributed by atoms with Crippen molar-refractivity contribution in [1.29, 1.82) is 0 Å². The second-order valence-electron chi connectivity index (χ2n) is 6.39. The average Bonchev–Trinajstić information content (AvgIpc) is 3.39. The molecular weight excluding hydrogens is 356 g/mol. The van der Waals surface area contributed by atoms with Gasteiger partial charge in [-0.3, -0.25) is 0 Å². The molecule has 0 spiro atoms. The molecule has 0 unspecified atom stereocenters. The first-order valence-electron chi connectivity index (χ1n) is 8.91. The highest BCUT2D eigenvalue weighted by Crippen LogP contribution is 2.33. The van der Waals surface area contributed by atoms with Crippen molar-refractivity contribution in [2.75, 3.05) is 19.2 Å². The largest absolute Gasteiger partial charge is 0.497 e. The van der Waals surface area contributed by atoms with E-state index in [0.29, 0.717) is 6.54 Å². The minimum absolute atomic E-state index is 0.276. The number of nitrogens with one attached hydrogen (secondary N) is 1. The number of hydrogen-bond acceptors (Lipinski definition) is 6. The van der Waals surface area contributed by atoms with E-state index < -0.39 is 0 Å². The number of hydrogen-bond donors (Lipinski definition) is 1. The van der Waals surface area contributed by atoms with Crippen molar-refractivity contribution in [2.24, 2.45) is 0 Å². The van der Waals surface area contributed by atoms with E-state index in [1.807, 2.05) is 59.2 Å². The first-order chi connectivity index (χ1) is 13.8. The standard InChI is InChI=1S/C21H18N4O3/c1-26-16-5-3-15(4-6-16)17-12-24-25-20(8-9-22-21(17)25)23-11-14-2-7-18-19(10-14)28-13-27-18/h2-10,12,23H,11,13H2,1H3. The zero-order valence-electron chi connectivity index (χ0n) is 15.3. The summed E-state index contributed by atoms with van der Waals surface area (Å²) in [6.07, 6.45) is 3.61. The predicted octanol–water partition coefficient (Wildman–Crippen LogP) is 3.75. The van der Waals surface area contributed by atoms with Gasteiger partial charge in [0.2, 0.25) is 6.79 Å². The molecule has 7 nitrogen and oxygen atoms in total. The van der Waals surface area contributed by atoms with Crippen molar-refractivity contribution in [3.05, 3.63) is 66.5 Å². The van der Waals surface area contributed by atoms with E-state index >= 15 is 0 Å². The molecule has 7 heteroatoms. The zero-order valence-corrected chi connectivity index (χ0v) is 15.3. The molecule has 0 bridgehead atoms. The molecule has 4 aromatic rings. The lowest BCUT2D eigenvalue weighted by Gasteiger charge is -2.09. The molecule has 3 heterocycles. The SMILES string of the molecule is COc1ccc(-c2cnn3c(NCc4ccc5c(c4)OCO5)ccnc23)cc1. The van der Waals surface area contributed by atoms with Crippen LogP contribution in [-0.4, -0.2) is 28.5 Å². The molecule has 2 aromatic heterocycles. The maximum atomic E-state index is 5.44. The average molecular weight is 374 g/mol.